The molecular weight excluding hydrogens is 165 g/mol. The molecule has 0 radical (unpaired) electrons. The molecule has 4 heteroatoms. The monoisotopic (exact) mass is 173 g/mol. The van der Waals surface area contributed by atoms with Crippen LogP contribution in [0.15, 0.2) is 18.2 Å². The van der Waals surface area contributed by atoms with Gasteiger partial charge in [-0.15, -0.1) is 0 Å². The quantitative estimate of drug-likeness (QED) is 0.490. The largest absolute Gasteiger partial charge is 0.491 e. The van der Waals surface area contributed by atoms with Gasteiger partial charge in [0.15, 0.2) is 0 Å². The maximum absolute atomic E-state index is 9.37. The number of hydrogen-bond acceptors (Lipinski definition) is 2. The molecule has 64 valence electrons. The molecule has 0 spiro atoms. The Labute approximate surface area is 76.9 Å². The van der Waals surface area contributed by atoms with Crippen LogP contribution in [-0.4, -0.2) is 12.1 Å². The molecule has 0 fully saturated rings. The second-order valence-corrected chi connectivity index (χ2v) is 3.01. The summed E-state index contributed by atoms with van der Waals surface area (Å²) in [7, 11) is -0.805. The summed E-state index contributed by atoms with van der Waals surface area (Å²) >= 11 is 0. The summed E-state index contributed by atoms with van der Waals surface area (Å²) in [4.78, 5) is 3.28. The van der Waals surface area contributed by atoms with E-state index in [2.05, 4.69) is 4.85 Å². The molecule has 0 bridgehead atoms. The smallest absolute Gasteiger partial charge is 0.423 e. The van der Waals surface area contributed by atoms with Gasteiger partial charge in [-0.3, -0.25) is 0 Å². The van der Waals surface area contributed by atoms with Crippen LogP contribution in [0.3, 0.4) is 0 Å². The van der Waals surface area contributed by atoms with Gasteiger partial charge in [0, 0.05) is 5.56 Å². The molecule has 3 nitrogen and oxygen atoms in total. The predicted octanol–water partition coefficient (Wildman–Crippen LogP) is 0.324. The molecule has 0 amide bonds. The van der Waals surface area contributed by atoms with Crippen LogP contribution < -0.4 is 5.46 Å². The van der Waals surface area contributed by atoms with E-state index >= 15 is 0 Å². The van der Waals surface area contributed by atoms with E-state index in [0.717, 1.165) is 16.6 Å². The van der Waals surface area contributed by atoms with E-state index in [1.807, 2.05) is 18.2 Å². The first kappa shape index (κ1) is 8.30. The fourth-order valence-corrected chi connectivity index (χ4v) is 1.45. The highest BCUT2D eigenvalue weighted by molar-refractivity contribution is 6.61. The normalized spacial score (nSPS) is 14.0. The molecule has 13 heavy (non-hydrogen) atoms. The Morgan fingerprint density at radius 2 is 2.46 bits per heavy atom. The summed E-state index contributed by atoms with van der Waals surface area (Å²) in [5.41, 5.74) is 2.75. The number of nitrogens with zero attached hydrogens (tertiary/aromatic N) is 1. The van der Waals surface area contributed by atoms with Crippen molar-refractivity contribution in [3.63, 3.8) is 0 Å². The lowest BCUT2D eigenvalue weighted by Crippen LogP contribution is -2.28. The molecule has 1 heterocycles. The Balaban J connectivity index is 2.37. The molecular formula is C9H8BNO2. The molecule has 0 atom stereocenters. The maximum Gasteiger partial charge on any atom is 0.491 e. The number of benzene rings is 1. The van der Waals surface area contributed by atoms with E-state index in [1.165, 1.54) is 0 Å². The Morgan fingerprint density at radius 3 is 3.23 bits per heavy atom. The van der Waals surface area contributed by atoms with Crippen molar-refractivity contribution in [3.8, 4) is 0 Å². The van der Waals surface area contributed by atoms with Gasteiger partial charge in [-0.05, 0) is 11.0 Å². The Bertz CT molecular complexity index is 372. The third-order valence-corrected chi connectivity index (χ3v) is 2.13. The molecule has 1 aliphatic heterocycles. The van der Waals surface area contributed by atoms with Crippen LogP contribution in [0.1, 0.15) is 11.1 Å². The number of fused-ring (bicyclic) bond motifs is 1. The highest BCUT2D eigenvalue weighted by atomic mass is 16.5. The zero-order chi connectivity index (χ0) is 9.26. The van der Waals surface area contributed by atoms with E-state index in [1.54, 1.807) is 0 Å². The molecule has 0 aliphatic carbocycles. The van der Waals surface area contributed by atoms with Gasteiger partial charge in [-0.1, -0.05) is 18.2 Å². The van der Waals surface area contributed by atoms with Crippen LogP contribution in [0.4, 0.5) is 0 Å². The van der Waals surface area contributed by atoms with Gasteiger partial charge >= 0.3 is 7.12 Å². The first-order valence-corrected chi connectivity index (χ1v) is 4.06. The first-order chi connectivity index (χ1) is 6.31. The van der Waals surface area contributed by atoms with Crippen molar-refractivity contribution in [2.45, 2.75) is 13.2 Å². The molecule has 0 saturated carbocycles. The summed E-state index contributed by atoms with van der Waals surface area (Å²) in [6.45, 7) is 7.55. The van der Waals surface area contributed by atoms with Crippen molar-refractivity contribution in [2.75, 3.05) is 0 Å². The SMILES string of the molecule is [C-]#[N+]Cc1ccc2c(c1)B(O)OC2. The van der Waals surface area contributed by atoms with Gasteiger partial charge in [-0.2, -0.15) is 0 Å². The lowest BCUT2D eigenvalue weighted by Gasteiger charge is -1.98. The molecule has 1 aliphatic rings. The minimum absolute atomic E-state index is 0.361. The summed E-state index contributed by atoms with van der Waals surface area (Å²) in [5.74, 6) is 0. The molecule has 1 N–H and O–H groups in total. The maximum atomic E-state index is 9.37. The molecule has 1 aromatic rings. The summed E-state index contributed by atoms with van der Waals surface area (Å²) in [6, 6.07) is 5.65. The van der Waals surface area contributed by atoms with Crippen molar-refractivity contribution in [1.29, 1.82) is 0 Å². The molecule has 0 unspecified atom stereocenters. The second-order valence-electron chi connectivity index (χ2n) is 3.01. The van der Waals surface area contributed by atoms with Gasteiger partial charge in [0.1, 0.15) is 0 Å². The second kappa shape index (κ2) is 3.21. The first-order valence-electron chi connectivity index (χ1n) is 4.06. The van der Waals surface area contributed by atoms with E-state index in [-0.39, 0.29) is 0 Å². The van der Waals surface area contributed by atoms with E-state index in [4.69, 9.17) is 11.2 Å². The van der Waals surface area contributed by atoms with Gasteiger partial charge in [0.2, 0.25) is 6.54 Å². The van der Waals surface area contributed by atoms with Crippen molar-refractivity contribution in [2.24, 2.45) is 0 Å². The van der Waals surface area contributed by atoms with Crippen LogP contribution in [-0.2, 0) is 17.8 Å². The fourth-order valence-electron chi connectivity index (χ4n) is 1.45. The van der Waals surface area contributed by atoms with Crippen LogP contribution in [0.2, 0.25) is 0 Å². The minimum atomic E-state index is -0.805. The van der Waals surface area contributed by atoms with Gasteiger partial charge in [0.25, 0.3) is 0 Å². The highest BCUT2D eigenvalue weighted by Gasteiger charge is 2.27. The number of hydrogen-bond donors (Lipinski definition) is 1. The lowest BCUT2D eigenvalue weighted by atomic mass is 9.79. The van der Waals surface area contributed by atoms with Crippen molar-refractivity contribution >= 4 is 12.6 Å². The molecule has 0 saturated heterocycles. The summed E-state index contributed by atoms with van der Waals surface area (Å²) in [6.07, 6.45) is 0. The average Bonchev–Trinajstić information content (AvgIpc) is 2.49. The predicted molar refractivity (Wildman–Crippen MR) is 49.1 cm³/mol. The van der Waals surface area contributed by atoms with Gasteiger partial charge in [0.05, 0.1) is 6.61 Å². The van der Waals surface area contributed by atoms with E-state index in [9.17, 15) is 5.02 Å². The van der Waals surface area contributed by atoms with Gasteiger partial charge < -0.3 is 14.5 Å². The van der Waals surface area contributed by atoms with Crippen LogP contribution in [0.25, 0.3) is 4.85 Å². The van der Waals surface area contributed by atoms with Crippen LogP contribution in [0, 0.1) is 6.57 Å². The third kappa shape index (κ3) is 1.44. The Kier molecular flexibility index (Phi) is 2.05. The van der Waals surface area contributed by atoms with Crippen LogP contribution >= 0.6 is 0 Å². The summed E-state index contributed by atoms with van der Waals surface area (Å²) in [5, 5.41) is 9.37. The zero-order valence-electron chi connectivity index (χ0n) is 7.03. The Hall–Kier alpha value is -1.31. The zero-order valence-corrected chi connectivity index (χ0v) is 7.03. The van der Waals surface area contributed by atoms with Crippen molar-refractivity contribution in [1.82, 2.24) is 0 Å². The summed E-state index contributed by atoms with van der Waals surface area (Å²) < 4.78 is 5.03. The number of rotatable bonds is 1. The fraction of sp³-hybridized carbons (Fsp3) is 0.222. The average molecular weight is 173 g/mol. The third-order valence-electron chi connectivity index (χ3n) is 2.13. The minimum Gasteiger partial charge on any atom is -0.423 e. The highest BCUT2D eigenvalue weighted by Crippen LogP contribution is 2.11. The molecule has 2 rings (SSSR count). The lowest BCUT2D eigenvalue weighted by molar-refractivity contribution is 0.275. The Morgan fingerprint density at radius 1 is 1.62 bits per heavy atom. The van der Waals surface area contributed by atoms with E-state index < -0.39 is 7.12 Å². The van der Waals surface area contributed by atoms with Gasteiger partial charge in [-0.25, -0.2) is 6.57 Å². The van der Waals surface area contributed by atoms with Crippen molar-refractivity contribution in [3.05, 3.63) is 40.7 Å². The molecule has 0 aromatic heterocycles. The molecule has 1 aromatic carbocycles. The standard InChI is InChI=1S/C9H8BNO2/c1-11-5-7-2-3-8-6-13-10(12)9(8)4-7/h2-4,12H,5-6H2. The van der Waals surface area contributed by atoms with E-state index in [0.29, 0.717) is 13.2 Å². The van der Waals surface area contributed by atoms with Crippen LogP contribution in [0.5, 0.6) is 0 Å². The van der Waals surface area contributed by atoms with Crippen molar-refractivity contribution < 1.29 is 9.68 Å². The topological polar surface area (TPSA) is 33.8 Å².